The first-order chi connectivity index (χ1) is 23.6. The zero-order valence-electron chi connectivity index (χ0n) is 27.9. The molecule has 0 fully saturated rings. The third-order valence-corrected chi connectivity index (χ3v) is 6.62. The monoisotopic (exact) mass is 707 g/mol. The van der Waals surface area contributed by atoms with Crippen molar-refractivity contribution in [3.63, 3.8) is 0 Å². The molecular formula is C36H36CoN6O6+2. The van der Waals surface area contributed by atoms with E-state index < -0.39 is 0 Å². The van der Waals surface area contributed by atoms with Gasteiger partial charge in [0.1, 0.15) is 68.7 Å². The molecule has 253 valence electrons. The zero-order valence-corrected chi connectivity index (χ0v) is 28.9. The third kappa shape index (κ3) is 9.62. The summed E-state index contributed by atoms with van der Waals surface area (Å²) in [5.74, 6) is 4.08. The first-order valence-electron chi connectivity index (χ1n) is 14.5. The number of hydrogen-bond acceptors (Lipinski definition) is 12. The molecule has 12 nitrogen and oxygen atoms in total. The van der Waals surface area contributed by atoms with Gasteiger partial charge in [0, 0.05) is 37.2 Å². The molecule has 0 N–H and O–H groups in total. The first kappa shape index (κ1) is 37.7. The Bertz CT molecular complexity index is 1540. The average Bonchev–Trinajstić information content (AvgIpc) is 3.18. The number of hydrogen-bond donors (Lipinski definition) is 0. The molecule has 6 heterocycles. The Kier molecular flexibility index (Phi) is 15.2. The van der Waals surface area contributed by atoms with Gasteiger partial charge >= 0.3 is 16.8 Å². The van der Waals surface area contributed by atoms with Gasteiger partial charge in [-0.1, -0.05) is 0 Å². The fourth-order valence-corrected chi connectivity index (χ4v) is 4.40. The molecule has 0 aromatic carbocycles. The Morgan fingerprint density at radius 1 is 0.286 bits per heavy atom. The van der Waals surface area contributed by atoms with Crippen LogP contribution in [0.5, 0.6) is 34.5 Å². The van der Waals surface area contributed by atoms with Crippen LogP contribution in [0, 0.1) is 0 Å². The van der Waals surface area contributed by atoms with E-state index in [1.807, 2.05) is 72.8 Å². The number of pyridine rings is 6. The van der Waals surface area contributed by atoms with Crippen molar-refractivity contribution in [2.24, 2.45) is 0 Å². The Balaban J connectivity index is 0.000000197. The van der Waals surface area contributed by atoms with E-state index >= 15 is 0 Å². The van der Waals surface area contributed by atoms with Crippen LogP contribution in [0.15, 0.2) is 110 Å². The molecule has 0 unspecified atom stereocenters. The number of ether oxygens (including phenoxy) is 6. The van der Waals surface area contributed by atoms with E-state index in [1.54, 1.807) is 79.8 Å². The van der Waals surface area contributed by atoms with Gasteiger partial charge in [-0.15, -0.1) is 0 Å². The molecule has 13 heteroatoms. The SMILES string of the molecule is COc1cccnc1-c1ncccc1OC.COc1cccnc1-c1ncccc1OC.COc1cccnc1-c1ncccc1OC.[Co+2]. The van der Waals surface area contributed by atoms with Crippen LogP contribution >= 0.6 is 0 Å². The van der Waals surface area contributed by atoms with Gasteiger partial charge < -0.3 is 28.4 Å². The molecule has 6 aromatic rings. The summed E-state index contributed by atoms with van der Waals surface area (Å²) in [6, 6.07) is 22.0. The van der Waals surface area contributed by atoms with Crippen molar-refractivity contribution in [2.75, 3.05) is 42.7 Å². The summed E-state index contributed by atoms with van der Waals surface area (Å²) < 4.78 is 31.4. The summed E-state index contributed by atoms with van der Waals surface area (Å²) in [6.45, 7) is 0. The second-order valence-electron chi connectivity index (χ2n) is 9.33. The Morgan fingerprint density at radius 3 is 0.551 bits per heavy atom. The van der Waals surface area contributed by atoms with Crippen LogP contribution in [0.2, 0.25) is 0 Å². The maximum Gasteiger partial charge on any atom is 2.00 e. The number of rotatable bonds is 9. The second-order valence-corrected chi connectivity index (χ2v) is 9.33. The topological polar surface area (TPSA) is 133 Å². The summed E-state index contributed by atoms with van der Waals surface area (Å²) >= 11 is 0. The van der Waals surface area contributed by atoms with Gasteiger partial charge in [0.25, 0.3) is 0 Å². The van der Waals surface area contributed by atoms with Crippen molar-refractivity contribution in [3.8, 4) is 68.7 Å². The van der Waals surface area contributed by atoms with E-state index in [0.29, 0.717) is 68.7 Å². The van der Waals surface area contributed by atoms with Gasteiger partial charge in [0.05, 0.1) is 42.7 Å². The van der Waals surface area contributed by atoms with Crippen LogP contribution in [-0.4, -0.2) is 72.6 Å². The molecule has 0 aliphatic heterocycles. The summed E-state index contributed by atoms with van der Waals surface area (Å²) in [5, 5.41) is 0. The molecule has 0 bridgehead atoms. The minimum Gasteiger partial charge on any atom is -0.494 e. The average molecular weight is 708 g/mol. The molecule has 0 saturated carbocycles. The molecule has 1 radical (unpaired) electrons. The molecule has 0 amide bonds. The molecule has 0 atom stereocenters. The third-order valence-electron chi connectivity index (χ3n) is 6.62. The fourth-order valence-electron chi connectivity index (χ4n) is 4.40. The molecule has 49 heavy (non-hydrogen) atoms. The molecule has 0 aliphatic rings. The summed E-state index contributed by atoms with van der Waals surface area (Å²) in [5.41, 5.74) is 4.10. The number of nitrogens with zero attached hydrogens (tertiary/aromatic N) is 6. The fraction of sp³-hybridized carbons (Fsp3) is 0.167. The second kappa shape index (κ2) is 19.8. The van der Waals surface area contributed by atoms with Crippen molar-refractivity contribution >= 4 is 0 Å². The van der Waals surface area contributed by atoms with Gasteiger partial charge in [0.2, 0.25) is 0 Å². The van der Waals surface area contributed by atoms with Crippen molar-refractivity contribution in [3.05, 3.63) is 110 Å². The molecular weight excluding hydrogens is 671 g/mol. The van der Waals surface area contributed by atoms with E-state index in [0.717, 1.165) is 0 Å². The van der Waals surface area contributed by atoms with E-state index in [2.05, 4.69) is 29.9 Å². The predicted octanol–water partition coefficient (Wildman–Crippen LogP) is 6.48. The van der Waals surface area contributed by atoms with Gasteiger partial charge in [-0.25, -0.2) is 0 Å². The molecule has 0 spiro atoms. The molecule has 6 rings (SSSR count). The minimum absolute atomic E-state index is 0. The quantitative estimate of drug-likeness (QED) is 0.163. The van der Waals surface area contributed by atoms with E-state index in [9.17, 15) is 0 Å². The van der Waals surface area contributed by atoms with Crippen LogP contribution in [0.25, 0.3) is 34.2 Å². The summed E-state index contributed by atoms with van der Waals surface area (Å²) in [4.78, 5) is 25.6. The van der Waals surface area contributed by atoms with Crippen LogP contribution in [-0.2, 0) is 16.8 Å². The van der Waals surface area contributed by atoms with Crippen molar-refractivity contribution < 1.29 is 45.2 Å². The largest absolute Gasteiger partial charge is 2.00 e. The Labute approximate surface area is 295 Å². The Morgan fingerprint density at radius 2 is 0.429 bits per heavy atom. The van der Waals surface area contributed by atoms with Gasteiger partial charge in [-0.3, -0.25) is 29.9 Å². The Hall–Kier alpha value is -5.79. The van der Waals surface area contributed by atoms with Crippen LogP contribution in [0.1, 0.15) is 0 Å². The van der Waals surface area contributed by atoms with Crippen molar-refractivity contribution in [1.29, 1.82) is 0 Å². The molecule has 0 aliphatic carbocycles. The van der Waals surface area contributed by atoms with E-state index in [-0.39, 0.29) is 16.8 Å². The predicted molar refractivity (Wildman–Crippen MR) is 182 cm³/mol. The van der Waals surface area contributed by atoms with Gasteiger partial charge in [0.15, 0.2) is 0 Å². The smallest absolute Gasteiger partial charge is 0.494 e. The number of aromatic nitrogens is 6. The number of methoxy groups -OCH3 is 6. The molecule has 6 aromatic heterocycles. The van der Waals surface area contributed by atoms with E-state index in [1.165, 1.54) is 0 Å². The summed E-state index contributed by atoms with van der Waals surface area (Å²) in [6.07, 6.45) is 10.2. The van der Waals surface area contributed by atoms with Crippen molar-refractivity contribution in [1.82, 2.24) is 29.9 Å². The first-order valence-corrected chi connectivity index (χ1v) is 14.5. The zero-order chi connectivity index (χ0) is 34.1. The van der Waals surface area contributed by atoms with Gasteiger partial charge in [-0.05, 0) is 72.8 Å². The maximum absolute atomic E-state index is 5.24. The normalized spacial score (nSPS) is 9.67. The van der Waals surface area contributed by atoms with Crippen molar-refractivity contribution in [2.45, 2.75) is 0 Å². The van der Waals surface area contributed by atoms with E-state index in [4.69, 9.17) is 28.4 Å². The van der Waals surface area contributed by atoms with Gasteiger partial charge in [-0.2, -0.15) is 0 Å². The molecule has 0 saturated heterocycles. The van der Waals surface area contributed by atoms with Crippen LogP contribution < -0.4 is 28.4 Å². The standard InChI is InChI=1S/3C12H12N2O2.Co/c3*1-15-9-5-3-7-13-11(9)12-10(16-2)6-4-8-14-12;/h3*3-8H,1-2H3;/q;;;+2. The van der Waals surface area contributed by atoms with Crippen LogP contribution in [0.3, 0.4) is 0 Å². The van der Waals surface area contributed by atoms with Crippen LogP contribution in [0.4, 0.5) is 0 Å². The summed E-state index contributed by atoms with van der Waals surface area (Å²) in [7, 11) is 9.64. The minimum atomic E-state index is 0. The maximum atomic E-state index is 5.24.